The van der Waals surface area contributed by atoms with E-state index in [-0.39, 0.29) is 24.8 Å². The third-order valence-corrected chi connectivity index (χ3v) is 9.40. The molecule has 0 heterocycles. The number of hydrogen-bond donors (Lipinski definition) is 0. The van der Waals surface area contributed by atoms with E-state index < -0.39 is 22.9 Å². The van der Waals surface area contributed by atoms with Gasteiger partial charge in [0.25, 0.3) is 0 Å². The van der Waals surface area contributed by atoms with Crippen molar-refractivity contribution in [3.63, 3.8) is 0 Å². The van der Waals surface area contributed by atoms with Crippen molar-refractivity contribution in [2.75, 3.05) is 0 Å². The molecule has 2 aliphatic carbocycles. The predicted molar refractivity (Wildman–Crippen MR) is 62.1 cm³/mol. The number of halogens is 2. The molecule has 0 saturated heterocycles. The van der Waals surface area contributed by atoms with Gasteiger partial charge in [0, 0.05) is 0 Å². The van der Waals surface area contributed by atoms with E-state index in [1.54, 1.807) is 14.5 Å². The third kappa shape index (κ3) is 4.22. The van der Waals surface area contributed by atoms with Gasteiger partial charge >= 0.3 is 105 Å². The van der Waals surface area contributed by atoms with Crippen LogP contribution >= 0.6 is 0 Å². The second-order valence-electron chi connectivity index (χ2n) is 4.75. The maximum atomic E-state index is 2.45. The largest absolute Gasteiger partial charge is 1.00 e. The van der Waals surface area contributed by atoms with Gasteiger partial charge in [-0.1, -0.05) is 0 Å². The van der Waals surface area contributed by atoms with Crippen LogP contribution in [0.2, 0.25) is 0 Å². The van der Waals surface area contributed by atoms with Crippen molar-refractivity contribution < 1.29 is 47.7 Å². The Labute approximate surface area is 129 Å². The molecule has 2 aliphatic rings. The Hall–Kier alpha value is 0.410. The van der Waals surface area contributed by atoms with Crippen LogP contribution < -0.4 is 24.8 Å². The summed E-state index contributed by atoms with van der Waals surface area (Å²) >= 11 is -0.691. The first-order valence-corrected chi connectivity index (χ1v) is 9.19. The molecular weight excluding hydrogens is 418 g/mol. The molecule has 0 N–H and O–H groups in total. The SMILES string of the molecule is CC1=CC(C)[C]([Hf+2][C]2=C(C)C=C(C)C2)=C1.[Cl-].[Cl-]. The van der Waals surface area contributed by atoms with Crippen molar-refractivity contribution in [1.29, 1.82) is 0 Å². The molecule has 1 atom stereocenters. The third-order valence-electron chi connectivity index (χ3n) is 3.08. The van der Waals surface area contributed by atoms with Crippen LogP contribution in [0.15, 0.2) is 41.6 Å². The molecule has 0 aromatic heterocycles. The Morgan fingerprint density at radius 1 is 1.12 bits per heavy atom. The summed E-state index contributed by atoms with van der Waals surface area (Å²) in [5, 5.41) is 0. The standard InChI is InChI=1S/2C7H9.2ClH.Hf/c2*1-6-3-4-7(2)5-6;;;/h5H,3H2,1-2H3;3,5,7H,1-2H3;2*1H;/q;;;;+2/p-2. The second kappa shape index (κ2) is 7.11. The van der Waals surface area contributed by atoms with Crippen LogP contribution in [0.4, 0.5) is 0 Å². The van der Waals surface area contributed by atoms with E-state index >= 15 is 0 Å². The summed E-state index contributed by atoms with van der Waals surface area (Å²) in [6.07, 6.45) is 8.51. The molecular formula is C14H18Cl2Hf. The van der Waals surface area contributed by atoms with Gasteiger partial charge in [-0.3, -0.25) is 0 Å². The van der Waals surface area contributed by atoms with E-state index in [1.165, 1.54) is 12.0 Å². The Morgan fingerprint density at radius 2 is 1.76 bits per heavy atom. The van der Waals surface area contributed by atoms with Gasteiger partial charge in [0.05, 0.1) is 0 Å². The molecule has 0 amide bonds. The fourth-order valence-electron chi connectivity index (χ4n) is 2.30. The molecule has 0 spiro atoms. The van der Waals surface area contributed by atoms with Gasteiger partial charge in [0.1, 0.15) is 0 Å². The molecule has 0 nitrogen and oxygen atoms in total. The second-order valence-corrected chi connectivity index (χ2v) is 9.89. The number of allylic oxidation sites excluding steroid dienone is 8. The summed E-state index contributed by atoms with van der Waals surface area (Å²) in [4.78, 5) is 0. The molecule has 0 aromatic carbocycles. The van der Waals surface area contributed by atoms with Gasteiger partial charge in [0.2, 0.25) is 0 Å². The first-order chi connectivity index (χ1) is 7.06. The van der Waals surface area contributed by atoms with Crippen LogP contribution in [-0.2, 0) is 22.9 Å². The van der Waals surface area contributed by atoms with Crippen molar-refractivity contribution in [3.8, 4) is 0 Å². The van der Waals surface area contributed by atoms with Gasteiger partial charge in [-0.05, 0) is 0 Å². The van der Waals surface area contributed by atoms with E-state index in [9.17, 15) is 0 Å². The van der Waals surface area contributed by atoms with Gasteiger partial charge < -0.3 is 24.8 Å². The molecule has 0 radical (unpaired) electrons. The van der Waals surface area contributed by atoms with E-state index in [4.69, 9.17) is 0 Å². The van der Waals surface area contributed by atoms with E-state index in [2.05, 4.69) is 45.9 Å². The fraction of sp³-hybridized carbons (Fsp3) is 0.429. The van der Waals surface area contributed by atoms with E-state index in [0.717, 1.165) is 5.92 Å². The average molecular weight is 436 g/mol. The van der Waals surface area contributed by atoms with Crippen molar-refractivity contribution in [1.82, 2.24) is 0 Å². The van der Waals surface area contributed by atoms with Crippen LogP contribution in [0, 0.1) is 5.92 Å². The van der Waals surface area contributed by atoms with Crippen molar-refractivity contribution >= 4 is 0 Å². The zero-order valence-corrected chi connectivity index (χ0v) is 15.9. The summed E-state index contributed by atoms with van der Waals surface area (Å²) in [5.41, 5.74) is 4.62. The van der Waals surface area contributed by atoms with Crippen molar-refractivity contribution in [3.05, 3.63) is 41.6 Å². The summed E-state index contributed by atoms with van der Waals surface area (Å²) in [5.74, 6) is 0.731. The summed E-state index contributed by atoms with van der Waals surface area (Å²) in [6, 6.07) is 0. The van der Waals surface area contributed by atoms with Gasteiger partial charge in [-0.25, -0.2) is 0 Å². The smallest absolute Gasteiger partial charge is 1.00 e. The van der Waals surface area contributed by atoms with Crippen LogP contribution in [0.25, 0.3) is 0 Å². The molecule has 0 fully saturated rings. The zero-order valence-electron chi connectivity index (χ0n) is 10.8. The molecule has 2 rings (SSSR count). The maximum absolute atomic E-state index is 2.45. The average Bonchev–Trinajstić information content (AvgIpc) is 2.58. The Balaban J connectivity index is 0.00000128. The van der Waals surface area contributed by atoms with Gasteiger partial charge in [0.15, 0.2) is 0 Å². The number of hydrogen-bond acceptors (Lipinski definition) is 0. The molecule has 0 saturated carbocycles. The van der Waals surface area contributed by atoms with Crippen LogP contribution in [-0.4, -0.2) is 0 Å². The fourth-order valence-corrected chi connectivity index (χ4v) is 8.04. The Morgan fingerprint density at radius 3 is 2.18 bits per heavy atom. The molecule has 92 valence electrons. The Bertz CT molecular complexity index is 414. The summed E-state index contributed by atoms with van der Waals surface area (Å²) in [7, 11) is 0. The quantitative estimate of drug-likeness (QED) is 0.448. The first-order valence-electron chi connectivity index (χ1n) is 5.60. The minimum atomic E-state index is -0.691. The minimum Gasteiger partial charge on any atom is -1.00 e. The minimum absolute atomic E-state index is 0. The van der Waals surface area contributed by atoms with Crippen LogP contribution in [0.5, 0.6) is 0 Å². The first kappa shape index (κ1) is 17.4. The monoisotopic (exact) mass is 436 g/mol. The predicted octanol–water partition coefficient (Wildman–Crippen LogP) is -1.82. The zero-order chi connectivity index (χ0) is 11.0. The van der Waals surface area contributed by atoms with Crippen LogP contribution in [0.3, 0.4) is 0 Å². The molecule has 17 heavy (non-hydrogen) atoms. The van der Waals surface area contributed by atoms with Crippen molar-refractivity contribution in [2.45, 2.75) is 34.1 Å². The van der Waals surface area contributed by atoms with Gasteiger partial charge in [-0.2, -0.15) is 0 Å². The molecule has 0 aromatic rings. The maximum Gasteiger partial charge on any atom is -1.00 e. The Kier molecular flexibility index (Phi) is 7.28. The summed E-state index contributed by atoms with van der Waals surface area (Å²) in [6.45, 7) is 9.13. The molecule has 1 unspecified atom stereocenters. The summed E-state index contributed by atoms with van der Waals surface area (Å²) < 4.78 is 3.60. The van der Waals surface area contributed by atoms with E-state index in [0.29, 0.717) is 0 Å². The molecule has 3 heteroatoms. The topological polar surface area (TPSA) is 0 Å². The van der Waals surface area contributed by atoms with Crippen molar-refractivity contribution in [2.24, 2.45) is 5.92 Å². The molecule has 0 aliphatic heterocycles. The normalized spacial score (nSPS) is 22.1. The van der Waals surface area contributed by atoms with Gasteiger partial charge in [-0.15, -0.1) is 0 Å². The number of rotatable bonds is 2. The molecule has 0 bridgehead atoms. The van der Waals surface area contributed by atoms with E-state index in [1.807, 2.05) is 3.33 Å². The van der Waals surface area contributed by atoms with Crippen LogP contribution in [0.1, 0.15) is 34.1 Å².